The molecule has 1 heterocycles. The van der Waals surface area contributed by atoms with E-state index in [0.717, 1.165) is 5.56 Å². The molecule has 0 fully saturated rings. The highest BCUT2D eigenvalue weighted by Crippen LogP contribution is 2.18. The molecule has 0 bridgehead atoms. The number of nitrogens with zero attached hydrogens (tertiary/aromatic N) is 1. The van der Waals surface area contributed by atoms with E-state index in [1.54, 1.807) is 13.2 Å². The van der Waals surface area contributed by atoms with Crippen LogP contribution in [0, 0.1) is 6.92 Å². The second kappa shape index (κ2) is 4.59. The van der Waals surface area contributed by atoms with Gasteiger partial charge in [0.25, 0.3) is 0 Å². The van der Waals surface area contributed by atoms with Crippen molar-refractivity contribution in [1.29, 1.82) is 0 Å². The lowest BCUT2D eigenvalue weighted by molar-refractivity contribution is -0.678. The van der Waals surface area contributed by atoms with Gasteiger partial charge in [-0.15, -0.1) is 0 Å². The molecule has 1 rings (SSSR count). The molecule has 0 saturated heterocycles. The van der Waals surface area contributed by atoms with Gasteiger partial charge >= 0.3 is 5.88 Å². The van der Waals surface area contributed by atoms with Gasteiger partial charge in [-0.1, -0.05) is 13.8 Å². The van der Waals surface area contributed by atoms with Crippen molar-refractivity contribution in [3.8, 4) is 11.6 Å². The summed E-state index contributed by atoms with van der Waals surface area (Å²) in [5, 5.41) is 18.1. The largest absolute Gasteiger partial charge is 0.500 e. The summed E-state index contributed by atoms with van der Waals surface area (Å²) in [4.78, 5) is 0. The van der Waals surface area contributed by atoms with Crippen molar-refractivity contribution in [3.63, 3.8) is 0 Å². The van der Waals surface area contributed by atoms with E-state index in [1.165, 1.54) is 10.6 Å². The molecule has 3 heteroatoms. The maximum atomic E-state index is 9.04. The summed E-state index contributed by atoms with van der Waals surface area (Å²) < 4.78 is 1.46. The SMILES string of the molecule is CC.Cc1cc(O)c(O)[n+](C)c1. The first kappa shape index (κ1) is 10.8. The topological polar surface area (TPSA) is 44.3 Å². The van der Waals surface area contributed by atoms with E-state index in [4.69, 9.17) is 10.2 Å². The van der Waals surface area contributed by atoms with E-state index >= 15 is 0 Å². The molecule has 3 nitrogen and oxygen atoms in total. The summed E-state index contributed by atoms with van der Waals surface area (Å²) in [5.74, 6) is -0.187. The van der Waals surface area contributed by atoms with Crippen LogP contribution in [0.25, 0.3) is 0 Å². The number of aromatic nitrogens is 1. The molecule has 2 N–H and O–H groups in total. The maximum Gasteiger partial charge on any atom is 0.408 e. The molecule has 68 valence electrons. The summed E-state index contributed by atoms with van der Waals surface area (Å²) in [5.41, 5.74) is 0.915. The molecule has 0 aromatic carbocycles. The molecule has 12 heavy (non-hydrogen) atoms. The van der Waals surface area contributed by atoms with E-state index < -0.39 is 0 Å². The lowest BCUT2D eigenvalue weighted by Crippen LogP contribution is -2.27. The van der Waals surface area contributed by atoms with E-state index in [2.05, 4.69) is 0 Å². The van der Waals surface area contributed by atoms with E-state index in [9.17, 15) is 0 Å². The fourth-order valence-electron chi connectivity index (χ4n) is 0.865. The van der Waals surface area contributed by atoms with Gasteiger partial charge in [-0.3, -0.25) is 0 Å². The van der Waals surface area contributed by atoms with Crippen molar-refractivity contribution in [2.45, 2.75) is 20.8 Å². The summed E-state index contributed by atoms with van der Waals surface area (Å²) in [6, 6.07) is 1.51. The number of aromatic hydroxyl groups is 2. The standard InChI is InChI=1S/C7H9NO2.C2H6/c1-5-3-6(9)7(10)8(2)4-5;1-2/h3-4,9H,1-2H3;1-2H3/p+1. The zero-order valence-electron chi connectivity index (χ0n) is 8.00. The lowest BCUT2D eigenvalue weighted by Gasteiger charge is -1.95. The summed E-state index contributed by atoms with van der Waals surface area (Å²) in [6.45, 7) is 5.85. The molecule has 1 aromatic heterocycles. The lowest BCUT2D eigenvalue weighted by atomic mass is 10.3. The number of hydrogen-bond acceptors (Lipinski definition) is 2. The predicted octanol–water partition coefficient (Wildman–Crippen LogP) is 1.26. The molecular weight excluding hydrogens is 154 g/mol. The minimum absolute atomic E-state index is 0.0810. The summed E-state index contributed by atoms with van der Waals surface area (Å²) in [6.07, 6.45) is 1.73. The second-order valence-electron chi connectivity index (χ2n) is 2.34. The Morgan fingerprint density at radius 2 is 1.75 bits per heavy atom. The predicted molar refractivity (Wildman–Crippen MR) is 47.0 cm³/mol. The third kappa shape index (κ3) is 2.42. The Balaban J connectivity index is 0.000000561. The van der Waals surface area contributed by atoms with Gasteiger partial charge in [0.15, 0.2) is 6.20 Å². The first-order chi connectivity index (χ1) is 5.61. The van der Waals surface area contributed by atoms with E-state index in [0.29, 0.717) is 0 Å². The highest BCUT2D eigenvalue weighted by molar-refractivity contribution is 5.28. The first-order valence-electron chi connectivity index (χ1n) is 3.99. The van der Waals surface area contributed by atoms with Crippen LogP contribution in [0.15, 0.2) is 12.3 Å². The third-order valence-corrected chi connectivity index (χ3v) is 1.32. The molecule has 1 aromatic rings. The second-order valence-corrected chi connectivity index (χ2v) is 2.34. The molecule has 0 amide bonds. The van der Waals surface area contributed by atoms with Gasteiger partial charge in [0.2, 0.25) is 5.75 Å². The number of hydrogen-bond donors (Lipinski definition) is 2. The molecule has 0 radical (unpaired) electrons. The van der Waals surface area contributed by atoms with Gasteiger partial charge in [0, 0.05) is 5.56 Å². The molecule has 0 aliphatic heterocycles. The van der Waals surface area contributed by atoms with Crippen molar-refractivity contribution in [2.24, 2.45) is 7.05 Å². The summed E-state index contributed by atoms with van der Waals surface area (Å²) >= 11 is 0. The zero-order valence-corrected chi connectivity index (χ0v) is 8.00. The highest BCUT2D eigenvalue weighted by atomic mass is 16.3. The summed E-state index contributed by atoms with van der Waals surface area (Å²) in [7, 11) is 1.67. The van der Waals surface area contributed by atoms with Crippen LogP contribution in [0.4, 0.5) is 0 Å². The molecular formula is C9H16NO2+. The molecule has 0 atom stereocenters. The Labute approximate surface area is 72.9 Å². The minimum atomic E-state index is -0.106. The Morgan fingerprint density at radius 1 is 1.25 bits per heavy atom. The zero-order chi connectivity index (χ0) is 9.72. The van der Waals surface area contributed by atoms with Crippen LogP contribution in [0.5, 0.6) is 11.6 Å². The molecule has 0 aliphatic carbocycles. The third-order valence-electron chi connectivity index (χ3n) is 1.32. The van der Waals surface area contributed by atoms with Crippen LogP contribution >= 0.6 is 0 Å². The van der Waals surface area contributed by atoms with Gasteiger partial charge in [-0.25, -0.2) is 0 Å². The van der Waals surface area contributed by atoms with Gasteiger partial charge in [-0.2, -0.15) is 4.57 Å². The van der Waals surface area contributed by atoms with Crippen molar-refractivity contribution in [3.05, 3.63) is 17.8 Å². The average Bonchev–Trinajstić information content (AvgIpc) is 2.04. The Hall–Kier alpha value is -1.25. The van der Waals surface area contributed by atoms with Gasteiger partial charge in [-0.05, 0) is 13.0 Å². The molecule has 0 saturated carbocycles. The van der Waals surface area contributed by atoms with Crippen LogP contribution in [0.1, 0.15) is 19.4 Å². The number of rotatable bonds is 0. The molecule has 0 spiro atoms. The monoisotopic (exact) mass is 170 g/mol. The van der Waals surface area contributed by atoms with Crippen LogP contribution < -0.4 is 4.57 Å². The number of aryl methyl sites for hydroxylation is 2. The van der Waals surface area contributed by atoms with Crippen LogP contribution in [0.3, 0.4) is 0 Å². The fourth-order valence-corrected chi connectivity index (χ4v) is 0.865. The quantitative estimate of drug-likeness (QED) is 0.576. The minimum Gasteiger partial charge on any atom is -0.500 e. The normalized spacial score (nSPS) is 8.67. The Morgan fingerprint density at radius 3 is 2.17 bits per heavy atom. The molecule has 0 aliphatic rings. The van der Waals surface area contributed by atoms with Crippen LogP contribution in [-0.4, -0.2) is 10.2 Å². The Bertz CT molecular complexity index is 236. The van der Waals surface area contributed by atoms with Crippen LogP contribution in [-0.2, 0) is 7.05 Å². The number of pyridine rings is 1. The Kier molecular flexibility index (Phi) is 4.11. The van der Waals surface area contributed by atoms with Crippen molar-refractivity contribution in [2.75, 3.05) is 0 Å². The fraction of sp³-hybridized carbons (Fsp3) is 0.444. The smallest absolute Gasteiger partial charge is 0.408 e. The van der Waals surface area contributed by atoms with Gasteiger partial charge in [0.05, 0.1) is 0 Å². The van der Waals surface area contributed by atoms with E-state index in [-0.39, 0.29) is 11.6 Å². The van der Waals surface area contributed by atoms with Crippen molar-refractivity contribution in [1.82, 2.24) is 0 Å². The average molecular weight is 170 g/mol. The van der Waals surface area contributed by atoms with Crippen molar-refractivity contribution >= 4 is 0 Å². The van der Waals surface area contributed by atoms with Gasteiger partial charge < -0.3 is 10.2 Å². The highest BCUT2D eigenvalue weighted by Gasteiger charge is 2.10. The molecule has 0 unspecified atom stereocenters. The first-order valence-corrected chi connectivity index (χ1v) is 3.99. The van der Waals surface area contributed by atoms with Gasteiger partial charge in [0.1, 0.15) is 7.05 Å². The van der Waals surface area contributed by atoms with E-state index in [1.807, 2.05) is 20.8 Å². The van der Waals surface area contributed by atoms with Crippen LogP contribution in [0.2, 0.25) is 0 Å². The maximum absolute atomic E-state index is 9.04. The van der Waals surface area contributed by atoms with Crippen molar-refractivity contribution < 1.29 is 14.8 Å².